The van der Waals surface area contributed by atoms with E-state index < -0.39 is 64.6 Å². The van der Waals surface area contributed by atoms with Crippen LogP contribution in [0.2, 0.25) is 0 Å². The van der Waals surface area contributed by atoms with E-state index in [0.717, 1.165) is 205 Å². The summed E-state index contributed by atoms with van der Waals surface area (Å²) in [7, 11) is 0. The Bertz CT molecular complexity index is 4370. The smallest absolute Gasteiger partial charge is 0.309 e. The van der Waals surface area contributed by atoms with Crippen LogP contribution in [0.15, 0.2) is 0 Å². The zero-order valence-electron chi connectivity index (χ0n) is 87.5. The van der Waals surface area contributed by atoms with Crippen LogP contribution < -0.4 is 0 Å². The number of aliphatic carboxylic acids is 6. The predicted molar refractivity (Wildman–Crippen MR) is 519 cm³/mol. The molecule has 30 nitrogen and oxygen atoms in total. The van der Waals surface area contributed by atoms with Gasteiger partial charge in [0, 0.05) is 12.3 Å². The van der Waals surface area contributed by atoms with Gasteiger partial charge in [-0.05, 0) is 337 Å². The van der Waals surface area contributed by atoms with Crippen LogP contribution in [-0.2, 0) is 115 Å². The molecule has 0 aliphatic heterocycles. The van der Waals surface area contributed by atoms with Gasteiger partial charge in [0.1, 0.15) is 56.4 Å². The normalized spacial score (nSPS) is 38.7. The number of carboxylic acid groups (broad SMARTS) is 6. The van der Waals surface area contributed by atoms with Gasteiger partial charge in [-0.25, -0.2) is 0 Å². The molecule has 0 radical (unpaired) electrons. The molecule has 0 saturated heterocycles. The number of rotatable bonds is 33. The Hall–Kier alpha value is -7.95. The van der Waals surface area contributed by atoms with Gasteiger partial charge in [0.15, 0.2) is 0 Å². The molecular formula is C112H172O30. The molecule has 19 aliphatic carbocycles. The van der Waals surface area contributed by atoms with Gasteiger partial charge in [-0.1, -0.05) is 117 Å². The lowest BCUT2D eigenvalue weighted by Gasteiger charge is -2.59. The van der Waals surface area contributed by atoms with Crippen LogP contribution in [0.1, 0.15) is 341 Å². The number of carbonyl (C=O) groups excluding carboxylic acids is 9. The van der Waals surface area contributed by atoms with E-state index in [2.05, 4.69) is 6.92 Å². The number of esters is 9. The largest absolute Gasteiger partial charge is 0.481 e. The molecule has 19 rings (SSSR count). The molecule has 0 amide bonds. The lowest BCUT2D eigenvalue weighted by Crippen LogP contribution is -2.59. The molecule has 30 heteroatoms. The molecule has 19 saturated carbocycles. The number of carboxylic acids is 6. The van der Waals surface area contributed by atoms with Crippen molar-refractivity contribution in [2.24, 2.45) is 213 Å². The van der Waals surface area contributed by atoms with E-state index in [1.165, 1.54) is 12.8 Å². The molecule has 0 heterocycles. The highest BCUT2D eigenvalue weighted by atomic mass is 16.6. The van der Waals surface area contributed by atoms with Gasteiger partial charge in [0.2, 0.25) is 0 Å². The maximum Gasteiger partial charge on any atom is 0.309 e. The zero-order valence-corrected chi connectivity index (χ0v) is 87.5. The van der Waals surface area contributed by atoms with Crippen LogP contribution in [0.5, 0.6) is 0 Å². The standard InChI is InChI=1S/2C18H26O4.C16H24O4.2C16H26O4.C15H24O6.C13H20O4/c1-3-8(2)18(21)22-14-7-10-6-13(14)16-9-4-11(15(10)16)12(5-9)17(19)20;1-3-8(2)18(21)22-14-7-10-6-13(14)16-11-4-9(15(10)16)5-12(11)17(19)20;1-3-10(2)13(17)20-16-7-11-4-12(8-16)6-15(5-11,9-16)14(18)19;1-4-10(2)15(17)19-7-8-20-16(18)14-11(3)12-5-6-13(14)9-12;1-3-10(2)16(19)20-14-7-6-11-8-13(15(17)18)5-4-12(11)9-14;1-3-10(2)14(18)20-8-9-21-15(19)12-7-5-4-6-11(12)13(16)17;1-3-7(2)13(16)17-11-6-8-4-9(11)10(5-8)12(14)15/h2*8-16H,3-7H2,1-2H3,(H,19,20);10-12H,3-9H2,1-2H3,(H,18,19);10-14H,4-9H2,1-3H3;10-14H,3-9H2,1-2H3,(H,17,18);10-12H,3-9H2,1-2H3,(H,16,17);7-11H,3-6H2,1-2H3,(H,14,15). The lowest BCUT2D eigenvalue weighted by molar-refractivity contribution is -0.212. The molecule has 39 atom stereocenters. The molecule has 16 bridgehead atoms. The van der Waals surface area contributed by atoms with Crippen molar-refractivity contribution in [3.63, 3.8) is 0 Å². The van der Waals surface area contributed by atoms with Gasteiger partial charge < -0.3 is 73.3 Å². The molecule has 0 aromatic carbocycles. The molecule has 0 aromatic heterocycles. The maximum atomic E-state index is 12.2. The SMILES string of the molecule is CCC(C)C(=O)OC12CC3CC(C1)CC(C(=O)O)(C3)C2.CCC(C)C(=O)OC1CC2CC(C(=O)O)C1C2.CCC(C)C(=O)OC1CC2CC1C1C3CC(C(=O)O)C(C3)C21.CCC(C)C(=O)OC1CC2CC1C1C3CC(CC3C(=O)O)C21.CCC(C)C(=O)OC1CCC2CC(C(=O)O)CCC2C1.CCC(C)C(=O)OCCOC(=O)C1C2CCC(C2)C1C.CCC(C)C(=O)OCCOC(=O)C1CCCCC1C(=O)O. The number of fused-ring (bicyclic) bond motifs is 23. The minimum atomic E-state index is -0.945. The first-order valence-corrected chi connectivity index (χ1v) is 55.5. The zero-order chi connectivity index (χ0) is 104. The Balaban J connectivity index is 0.000000148. The van der Waals surface area contributed by atoms with Crippen molar-refractivity contribution in [2.45, 2.75) is 371 Å². The molecule has 0 spiro atoms. The average Bonchev–Trinajstić information content (AvgIpc) is 1.49. The van der Waals surface area contributed by atoms with E-state index in [-0.39, 0.29) is 176 Å². The molecule has 39 unspecified atom stereocenters. The Labute approximate surface area is 840 Å². The van der Waals surface area contributed by atoms with Crippen molar-refractivity contribution >= 4 is 89.5 Å². The van der Waals surface area contributed by atoms with Gasteiger partial charge >= 0.3 is 89.5 Å². The van der Waals surface area contributed by atoms with Crippen molar-refractivity contribution in [3.8, 4) is 0 Å². The van der Waals surface area contributed by atoms with Crippen LogP contribution in [0, 0.1) is 213 Å². The summed E-state index contributed by atoms with van der Waals surface area (Å²) >= 11 is 0. The predicted octanol–water partition coefficient (Wildman–Crippen LogP) is 19.0. The van der Waals surface area contributed by atoms with Gasteiger partial charge in [0.05, 0.1) is 88.3 Å². The summed E-state index contributed by atoms with van der Waals surface area (Å²) in [5.41, 5.74) is -1.11. The Morgan fingerprint density at radius 2 is 0.690 bits per heavy atom. The topological polar surface area (TPSA) is 461 Å². The highest BCUT2D eigenvalue weighted by Crippen LogP contribution is 2.72. The molecule has 0 aromatic rings. The summed E-state index contributed by atoms with van der Waals surface area (Å²) in [6.45, 7) is 29.4. The van der Waals surface area contributed by atoms with Crippen LogP contribution in [0.3, 0.4) is 0 Å². The van der Waals surface area contributed by atoms with E-state index in [1.807, 2.05) is 90.0 Å². The second kappa shape index (κ2) is 49.7. The summed E-state index contributed by atoms with van der Waals surface area (Å²) in [5, 5.41) is 55.8. The molecule has 800 valence electrons. The van der Waals surface area contributed by atoms with Gasteiger partial charge in [-0.2, -0.15) is 0 Å². The molecular weight excluding hydrogens is 1830 g/mol. The first kappa shape index (κ1) is 113. The van der Waals surface area contributed by atoms with Crippen molar-refractivity contribution < 1.29 is 145 Å². The van der Waals surface area contributed by atoms with E-state index >= 15 is 0 Å². The fourth-order valence-electron chi connectivity index (χ4n) is 30.7. The Kier molecular flexibility index (Phi) is 39.5. The Morgan fingerprint density at radius 3 is 1.17 bits per heavy atom. The average molecular weight is 2000 g/mol. The van der Waals surface area contributed by atoms with Gasteiger partial charge in [-0.15, -0.1) is 0 Å². The highest BCUT2D eigenvalue weighted by molar-refractivity contribution is 5.82. The summed E-state index contributed by atoms with van der Waals surface area (Å²) < 4.78 is 49.0. The van der Waals surface area contributed by atoms with Crippen LogP contribution in [0.25, 0.3) is 0 Å². The molecule has 6 N–H and O–H groups in total. The second-order valence-corrected chi connectivity index (χ2v) is 47.7. The monoisotopic (exact) mass is 2000 g/mol. The summed E-state index contributed by atoms with van der Waals surface area (Å²) in [4.78, 5) is 175. The van der Waals surface area contributed by atoms with E-state index in [1.54, 1.807) is 6.92 Å². The molecule has 19 fully saturated rings. The Morgan fingerprint density at radius 1 is 0.296 bits per heavy atom. The number of hydrogen-bond donors (Lipinski definition) is 6. The van der Waals surface area contributed by atoms with Crippen LogP contribution in [-0.4, -0.2) is 177 Å². The number of ether oxygens (including phenoxy) is 9. The van der Waals surface area contributed by atoms with Crippen molar-refractivity contribution in [1.82, 2.24) is 0 Å². The first-order chi connectivity index (χ1) is 67.4. The van der Waals surface area contributed by atoms with E-state index in [4.69, 9.17) is 58.0 Å². The van der Waals surface area contributed by atoms with Crippen molar-refractivity contribution in [2.75, 3.05) is 26.4 Å². The second-order valence-electron chi connectivity index (χ2n) is 47.7. The fourth-order valence-corrected chi connectivity index (χ4v) is 30.7. The van der Waals surface area contributed by atoms with E-state index in [0.29, 0.717) is 138 Å². The minimum absolute atomic E-state index is 0.00802. The van der Waals surface area contributed by atoms with E-state index in [9.17, 15) is 87.2 Å². The van der Waals surface area contributed by atoms with Crippen molar-refractivity contribution in [1.29, 1.82) is 0 Å². The third kappa shape index (κ3) is 26.1. The maximum absolute atomic E-state index is 12.2. The van der Waals surface area contributed by atoms with Gasteiger partial charge in [-0.3, -0.25) is 71.9 Å². The molecule has 142 heavy (non-hydrogen) atoms. The lowest BCUT2D eigenvalue weighted by atomic mass is 9.48. The quantitative estimate of drug-likeness (QED) is 0.0154. The highest BCUT2D eigenvalue weighted by Gasteiger charge is 2.69. The molecule has 19 aliphatic rings. The summed E-state index contributed by atoms with van der Waals surface area (Å²) in [5.74, 6) is 2.51. The van der Waals surface area contributed by atoms with Crippen molar-refractivity contribution in [3.05, 3.63) is 0 Å². The third-order valence-corrected chi connectivity index (χ3v) is 39.2. The summed E-state index contributed by atoms with van der Waals surface area (Å²) in [6, 6.07) is 0. The fraction of sp³-hybridized carbons (Fsp3) is 0.866. The summed E-state index contributed by atoms with van der Waals surface area (Å²) in [6.07, 6.45) is 33.0. The first-order valence-electron chi connectivity index (χ1n) is 55.5. The number of hydrogen-bond acceptors (Lipinski definition) is 24. The van der Waals surface area contributed by atoms with Crippen LogP contribution in [0.4, 0.5) is 0 Å². The van der Waals surface area contributed by atoms with Gasteiger partial charge in [0.25, 0.3) is 0 Å². The third-order valence-electron chi connectivity index (χ3n) is 39.2. The number of carbonyl (C=O) groups is 15. The minimum Gasteiger partial charge on any atom is -0.481 e. The van der Waals surface area contributed by atoms with Crippen LogP contribution >= 0.6 is 0 Å².